The predicted octanol–water partition coefficient (Wildman–Crippen LogP) is 2.38. The summed E-state index contributed by atoms with van der Waals surface area (Å²) in [7, 11) is 0. The van der Waals surface area contributed by atoms with Gasteiger partial charge in [-0.15, -0.1) is 0 Å². The first-order valence-electron chi connectivity index (χ1n) is 7.33. The average molecular weight is 271 g/mol. The Bertz CT molecular complexity index is 590. The lowest BCUT2D eigenvalue weighted by Gasteiger charge is -2.56. The van der Waals surface area contributed by atoms with Gasteiger partial charge in [-0.1, -0.05) is 0 Å². The van der Waals surface area contributed by atoms with Gasteiger partial charge in [-0.3, -0.25) is 4.68 Å². The number of carbonyl (C=O) groups is 1. The first kappa shape index (κ1) is 12.0. The molecule has 5 nitrogen and oxygen atoms in total. The summed E-state index contributed by atoms with van der Waals surface area (Å²) in [6.07, 6.45) is 8.42. The average Bonchev–Trinajstić information content (AvgIpc) is 2.81. The highest BCUT2D eigenvalue weighted by Gasteiger charge is 2.53. The van der Waals surface area contributed by atoms with Crippen molar-refractivity contribution < 1.29 is 9.90 Å². The number of aromatic carboxylic acids is 1. The standard InChI is InChI=1S/C15H17N3O2/c16-7-12-8-17-18(13(12)14(19)20)15-4-9-1-10(5-15)3-11(2-9)6-15/h8-11H,1-6H2,(H,19,20). The van der Waals surface area contributed by atoms with Crippen LogP contribution < -0.4 is 0 Å². The zero-order chi connectivity index (χ0) is 13.9. The molecule has 20 heavy (non-hydrogen) atoms. The minimum Gasteiger partial charge on any atom is -0.476 e. The minimum absolute atomic E-state index is 0.0921. The summed E-state index contributed by atoms with van der Waals surface area (Å²) in [6, 6.07) is 1.97. The fraction of sp³-hybridized carbons (Fsp3) is 0.667. The van der Waals surface area contributed by atoms with E-state index in [0.29, 0.717) is 0 Å². The molecule has 0 aliphatic heterocycles. The van der Waals surface area contributed by atoms with Crippen molar-refractivity contribution >= 4 is 5.97 Å². The summed E-state index contributed by atoms with van der Waals surface area (Å²) >= 11 is 0. The fourth-order valence-corrected chi connectivity index (χ4v) is 5.32. The summed E-state index contributed by atoms with van der Waals surface area (Å²) in [5, 5.41) is 22.9. The Morgan fingerprint density at radius 2 is 1.85 bits per heavy atom. The Morgan fingerprint density at radius 1 is 1.30 bits per heavy atom. The highest BCUT2D eigenvalue weighted by atomic mass is 16.4. The molecule has 0 amide bonds. The second-order valence-electron chi connectivity index (χ2n) is 6.88. The van der Waals surface area contributed by atoms with Crippen molar-refractivity contribution in [2.45, 2.75) is 44.1 Å². The van der Waals surface area contributed by atoms with Crippen LogP contribution in [0.1, 0.15) is 54.6 Å². The van der Waals surface area contributed by atoms with Gasteiger partial charge in [-0.05, 0) is 56.3 Å². The van der Waals surface area contributed by atoms with Crippen LogP contribution in [0.2, 0.25) is 0 Å². The molecule has 4 aliphatic carbocycles. The molecule has 1 aromatic rings. The van der Waals surface area contributed by atoms with Gasteiger partial charge < -0.3 is 5.11 Å². The second kappa shape index (κ2) is 3.85. The van der Waals surface area contributed by atoms with E-state index >= 15 is 0 Å². The zero-order valence-corrected chi connectivity index (χ0v) is 11.2. The summed E-state index contributed by atoms with van der Waals surface area (Å²) in [5.41, 5.74) is 0.139. The molecule has 0 aromatic carbocycles. The van der Waals surface area contributed by atoms with E-state index in [-0.39, 0.29) is 16.8 Å². The SMILES string of the molecule is N#Cc1cnn(C23CC4CC(CC(C4)C2)C3)c1C(=O)O. The van der Waals surface area contributed by atoms with Crippen molar-refractivity contribution in [2.75, 3.05) is 0 Å². The van der Waals surface area contributed by atoms with Crippen molar-refractivity contribution in [3.8, 4) is 6.07 Å². The lowest BCUT2D eigenvalue weighted by molar-refractivity contribution is -0.0508. The minimum atomic E-state index is -1.03. The molecule has 104 valence electrons. The summed E-state index contributed by atoms with van der Waals surface area (Å²) in [4.78, 5) is 11.5. The van der Waals surface area contributed by atoms with E-state index in [1.165, 1.54) is 25.5 Å². The summed E-state index contributed by atoms with van der Waals surface area (Å²) < 4.78 is 1.69. The van der Waals surface area contributed by atoms with Gasteiger partial charge in [0.1, 0.15) is 11.6 Å². The third-order valence-electron chi connectivity index (χ3n) is 5.55. The lowest BCUT2D eigenvalue weighted by Crippen LogP contribution is -2.53. The highest BCUT2D eigenvalue weighted by molar-refractivity contribution is 5.88. The monoisotopic (exact) mass is 271 g/mol. The number of hydrogen-bond acceptors (Lipinski definition) is 3. The van der Waals surface area contributed by atoms with Gasteiger partial charge in [0.05, 0.1) is 11.7 Å². The summed E-state index contributed by atoms with van der Waals surface area (Å²) in [5.74, 6) is 1.13. The molecule has 1 aromatic heterocycles. The van der Waals surface area contributed by atoms with E-state index < -0.39 is 5.97 Å². The molecule has 0 saturated heterocycles. The normalized spacial score (nSPS) is 37.9. The number of rotatable bonds is 2. The molecular weight excluding hydrogens is 254 g/mol. The van der Waals surface area contributed by atoms with Gasteiger partial charge in [-0.2, -0.15) is 10.4 Å². The molecule has 1 heterocycles. The van der Waals surface area contributed by atoms with Crippen molar-refractivity contribution in [3.63, 3.8) is 0 Å². The molecule has 0 spiro atoms. The Balaban J connectivity index is 1.83. The Kier molecular flexibility index (Phi) is 2.30. The van der Waals surface area contributed by atoms with Crippen molar-refractivity contribution in [1.82, 2.24) is 9.78 Å². The van der Waals surface area contributed by atoms with E-state index in [9.17, 15) is 9.90 Å². The smallest absolute Gasteiger partial charge is 0.355 e. The number of nitriles is 1. The third-order valence-corrected chi connectivity index (χ3v) is 5.55. The highest BCUT2D eigenvalue weighted by Crippen LogP contribution is 2.58. The maximum Gasteiger partial charge on any atom is 0.355 e. The molecule has 1 N–H and O–H groups in total. The van der Waals surface area contributed by atoms with E-state index in [1.807, 2.05) is 6.07 Å². The zero-order valence-electron chi connectivity index (χ0n) is 11.2. The quantitative estimate of drug-likeness (QED) is 0.895. The first-order chi connectivity index (χ1) is 9.61. The molecule has 5 heteroatoms. The van der Waals surface area contributed by atoms with Crippen LogP contribution in [0.15, 0.2) is 6.20 Å². The third kappa shape index (κ3) is 1.48. The molecule has 0 unspecified atom stereocenters. The van der Waals surface area contributed by atoms with Crippen LogP contribution in [0.4, 0.5) is 0 Å². The van der Waals surface area contributed by atoms with E-state index in [4.69, 9.17) is 5.26 Å². The summed E-state index contributed by atoms with van der Waals surface area (Å²) in [6.45, 7) is 0. The van der Waals surface area contributed by atoms with Gasteiger partial charge in [-0.25, -0.2) is 4.79 Å². The van der Waals surface area contributed by atoms with Crippen LogP contribution in [-0.4, -0.2) is 20.9 Å². The molecule has 0 atom stereocenters. The van der Waals surface area contributed by atoms with Gasteiger partial charge in [0, 0.05) is 0 Å². The lowest BCUT2D eigenvalue weighted by atomic mass is 9.53. The second-order valence-corrected chi connectivity index (χ2v) is 6.88. The van der Waals surface area contributed by atoms with E-state index in [1.54, 1.807) is 4.68 Å². The maximum absolute atomic E-state index is 11.5. The first-order valence-corrected chi connectivity index (χ1v) is 7.33. The number of aromatic nitrogens is 2. The van der Waals surface area contributed by atoms with Gasteiger partial charge in [0.15, 0.2) is 5.69 Å². The largest absolute Gasteiger partial charge is 0.476 e. The maximum atomic E-state index is 11.5. The molecule has 4 fully saturated rings. The van der Waals surface area contributed by atoms with Gasteiger partial charge >= 0.3 is 5.97 Å². The van der Waals surface area contributed by atoms with Crippen LogP contribution in [0, 0.1) is 29.1 Å². The molecular formula is C15H17N3O2. The molecule has 0 radical (unpaired) electrons. The van der Waals surface area contributed by atoms with Gasteiger partial charge in [0.2, 0.25) is 0 Å². The fourth-order valence-electron chi connectivity index (χ4n) is 5.32. The molecule has 4 bridgehead atoms. The number of carboxylic acid groups (broad SMARTS) is 1. The predicted molar refractivity (Wildman–Crippen MR) is 70.0 cm³/mol. The topological polar surface area (TPSA) is 78.9 Å². The molecule has 5 rings (SSSR count). The van der Waals surface area contributed by atoms with Crippen molar-refractivity contribution in [3.05, 3.63) is 17.5 Å². The number of nitrogens with zero attached hydrogens (tertiary/aromatic N) is 3. The Hall–Kier alpha value is -1.83. The van der Waals surface area contributed by atoms with Gasteiger partial charge in [0.25, 0.3) is 0 Å². The van der Waals surface area contributed by atoms with E-state index in [0.717, 1.165) is 37.0 Å². The van der Waals surface area contributed by atoms with Crippen LogP contribution in [0.25, 0.3) is 0 Å². The molecule has 4 saturated carbocycles. The Morgan fingerprint density at radius 3 is 2.30 bits per heavy atom. The van der Waals surface area contributed by atoms with Crippen LogP contribution in [0.3, 0.4) is 0 Å². The Labute approximate surface area is 117 Å². The van der Waals surface area contributed by atoms with Crippen LogP contribution >= 0.6 is 0 Å². The van der Waals surface area contributed by atoms with Crippen LogP contribution in [0.5, 0.6) is 0 Å². The number of carboxylic acids is 1. The van der Waals surface area contributed by atoms with Crippen molar-refractivity contribution in [1.29, 1.82) is 5.26 Å². The van der Waals surface area contributed by atoms with Crippen LogP contribution in [-0.2, 0) is 5.54 Å². The molecule has 4 aliphatic rings. The van der Waals surface area contributed by atoms with E-state index in [2.05, 4.69) is 5.10 Å². The van der Waals surface area contributed by atoms with Crippen molar-refractivity contribution in [2.24, 2.45) is 17.8 Å². The number of hydrogen-bond donors (Lipinski definition) is 1.